The molecule has 25 heavy (non-hydrogen) atoms. The van der Waals surface area contributed by atoms with Gasteiger partial charge in [0.2, 0.25) is 15.9 Å². The van der Waals surface area contributed by atoms with Crippen molar-refractivity contribution in [2.75, 3.05) is 25.2 Å². The molecule has 7 nitrogen and oxygen atoms in total. The SMILES string of the molecule is COC(=O)c1c(NC(=O)C2CCCN2S(C)(=O)=O)sc2c1CCCC2. The maximum Gasteiger partial charge on any atom is 0.341 e. The van der Waals surface area contributed by atoms with E-state index < -0.39 is 22.0 Å². The van der Waals surface area contributed by atoms with E-state index in [1.54, 1.807) is 0 Å². The first-order valence-electron chi connectivity index (χ1n) is 8.33. The summed E-state index contributed by atoms with van der Waals surface area (Å²) in [6, 6.07) is -0.723. The summed E-state index contributed by atoms with van der Waals surface area (Å²) >= 11 is 1.40. The molecule has 0 aromatic carbocycles. The zero-order chi connectivity index (χ0) is 18.2. The standard InChI is InChI=1S/C16H22N2O5S2/c1-23-16(20)13-10-6-3-4-8-12(10)24-15(13)17-14(19)11-7-5-9-18(11)25(2,21)22/h11H,3-9H2,1-2H3,(H,17,19). The Balaban J connectivity index is 1.89. The molecule has 0 bridgehead atoms. The smallest absolute Gasteiger partial charge is 0.341 e. The van der Waals surface area contributed by atoms with Crippen LogP contribution in [0.15, 0.2) is 0 Å². The van der Waals surface area contributed by atoms with Crippen LogP contribution in [0.3, 0.4) is 0 Å². The highest BCUT2D eigenvalue weighted by Gasteiger charge is 2.37. The third kappa shape index (κ3) is 3.58. The van der Waals surface area contributed by atoms with Gasteiger partial charge in [-0.05, 0) is 44.1 Å². The monoisotopic (exact) mass is 386 g/mol. The first kappa shape index (κ1) is 18.3. The number of carbonyl (C=O) groups excluding carboxylic acids is 2. The first-order chi connectivity index (χ1) is 11.8. The van der Waals surface area contributed by atoms with E-state index in [2.05, 4.69) is 5.32 Å². The van der Waals surface area contributed by atoms with Crippen molar-refractivity contribution in [3.63, 3.8) is 0 Å². The third-order valence-electron chi connectivity index (χ3n) is 4.73. The number of amides is 1. The molecule has 3 rings (SSSR count). The number of fused-ring (bicyclic) bond motifs is 1. The van der Waals surface area contributed by atoms with Crippen molar-refractivity contribution in [3.05, 3.63) is 16.0 Å². The predicted molar refractivity (Wildman–Crippen MR) is 95.5 cm³/mol. The van der Waals surface area contributed by atoms with Gasteiger partial charge in [0.1, 0.15) is 11.0 Å². The number of aryl methyl sites for hydroxylation is 1. The fourth-order valence-electron chi connectivity index (χ4n) is 3.57. The van der Waals surface area contributed by atoms with E-state index in [1.165, 1.54) is 22.8 Å². The van der Waals surface area contributed by atoms with Gasteiger partial charge in [-0.3, -0.25) is 4.79 Å². The van der Waals surface area contributed by atoms with Crippen LogP contribution in [-0.2, 0) is 32.4 Å². The average molecular weight is 386 g/mol. The Morgan fingerprint density at radius 1 is 1.24 bits per heavy atom. The summed E-state index contributed by atoms with van der Waals surface area (Å²) in [4.78, 5) is 26.0. The molecule has 2 heterocycles. The highest BCUT2D eigenvalue weighted by atomic mass is 32.2. The zero-order valence-electron chi connectivity index (χ0n) is 14.3. The van der Waals surface area contributed by atoms with Crippen LogP contribution in [0.2, 0.25) is 0 Å². The number of rotatable bonds is 4. The summed E-state index contributed by atoms with van der Waals surface area (Å²) in [5.74, 6) is -0.840. The lowest BCUT2D eigenvalue weighted by molar-refractivity contribution is -0.119. The maximum atomic E-state index is 12.7. The minimum atomic E-state index is -3.44. The average Bonchev–Trinajstić information content (AvgIpc) is 3.18. The number of sulfonamides is 1. The summed E-state index contributed by atoms with van der Waals surface area (Å²) in [5, 5.41) is 3.28. The number of carbonyl (C=O) groups is 2. The fraction of sp³-hybridized carbons (Fsp3) is 0.625. The van der Waals surface area contributed by atoms with Gasteiger partial charge in [-0.1, -0.05) is 0 Å². The Bertz CT molecular complexity index is 800. The molecule has 9 heteroatoms. The molecule has 138 valence electrons. The Labute approximate surface area is 151 Å². The topological polar surface area (TPSA) is 92.8 Å². The molecule has 1 amide bonds. The van der Waals surface area contributed by atoms with Crippen molar-refractivity contribution in [3.8, 4) is 0 Å². The summed E-state index contributed by atoms with van der Waals surface area (Å²) in [7, 11) is -2.12. The number of methoxy groups -OCH3 is 1. The van der Waals surface area contributed by atoms with E-state index in [0.717, 1.165) is 42.4 Å². The van der Waals surface area contributed by atoms with Crippen LogP contribution in [-0.4, -0.2) is 50.6 Å². The number of anilines is 1. The molecule has 0 spiro atoms. The van der Waals surface area contributed by atoms with Crippen LogP contribution in [0, 0.1) is 0 Å². The molecule has 1 aliphatic heterocycles. The molecule has 1 unspecified atom stereocenters. The molecular weight excluding hydrogens is 364 g/mol. The van der Waals surface area contributed by atoms with Gasteiger partial charge >= 0.3 is 5.97 Å². The van der Waals surface area contributed by atoms with E-state index in [1.807, 2.05) is 0 Å². The summed E-state index contributed by atoms with van der Waals surface area (Å²) in [6.07, 6.45) is 6.00. The molecule has 1 aromatic rings. The summed E-state index contributed by atoms with van der Waals surface area (Å²) in [5.41, 5.74) is 1.39. The second-order valence-corrected chi connectivity index (χ2v) is 9.47. The lowest BCUT2D eigenvalue weighted by Gasteiger charge is -2.21. The molecule has 1 aromatic heterocycles. The van der Waals surface area contributed by atoms with Crippen LogP contribution in [0.1, 0.15) is 46.5 Å². The minimum absolute atomic E-state index is 0.349. The summed E-state index contributed by atoms with van der Waals surface area (Å²) in [6.45, 7) is 0.349. The second kappa shape index (κ2) is 7.05. The highest BCUT2D eigenvalue weighted by Crippen LogP contribution is 2.39. The maximum absolute atomic E-state index is 12.7. The van der Waals surface area contributed by atoms with Gasteiger partial charge in [0.25, 0.3) is 0 Å². The Morgan fingerprint density at radius 3 is 2.64 bits per heavy atom. The van der Waals surface area contributed by atoms with E-state index in [-0.39, 0.29) is 5.91 Å². The van der Waals surface area contributed by atoms with Crippen LogP contribution in [0.5, 0.6) is 0 Å². The molecule has 1 saturated heterocycles. The Kier molecular flexibility index (Phi) is 5.17. The molecule has 1 atom stereocenters. The number of hydrogen-bond acceptors (Lipinski definition) is 6. The van der Waals surface area contributed by atoms with Crippen molar-refractivity contribution < 1.29 is 22.7 Å². The molecule has 1 fully saturated rings. The van der Waals surface area contributed by atoms with Gasteiger partial charge in [-0.15, -0.1) is 11.3 Å². The minimum Gasteiger partial charge on any atom is -0.465 e. The van der Waals surface area contributed by atoms with Crippen LogP contribution >= 0.6 is 11.3 Å². The van der Waals surface area contributed by atoms with E-state index in [0.29, 0.717) is 30.0 Å². The van der Waals surface area contributed by atoms with Gasteiger partial charge in [0, 0.05) is 11.4 Å². The molecule has 2 aliphatic rings. The predicted octanol–water partition coefficient (Wildman–Crippen LogP) is 1.78. The third-order valence-corrected chi connectivity index (χ3v) is 7.23. The lowest BCUT2D eigenvalue weighted by Crippen LogP contribution is -2.42. The highest BCUT2D eigenvalue weighted by molar-refractivity contribution is 7.88. The number of esters is 1. The molecular formula is C16H22N2O5S2. The van der Waals surface area contributed by atoms with Crippen LogP contribution in [0.25, 0.3) is 0 Å². The Hall–Kier alpha value is -1.45. The van der Waals surface area contributed by atoms with Crippen molar-refractivity contribution in [1.29, 1.82) is 0 Å². The number of nitrogens with one attached hydrogen (secondary N) is 1. The zero-order valence-corrected chi connectivity index (χ0v) is 16.0. The van der Waals surface area contributed by atoms with E-state index in [4.69, 9.17) is 4.74 Å². The lowest BCUT2D eigenvalue weighted by atomic mass is 9.95. The fourth-order valence-corrected chi connectivity index (χ4v) is 5.97. The van der Waals surface area contributed by atoms with Gasteiger partial charge in [-0.2, -0.15) is 4.31 Å². The number of hydrogen-bond donors (Lipinski definition) is 1. The number of thiophene rings is 1. The van der Waals surface area contributed by atoms with Gasteiger partial charge in [-0.25, -0.2) is 13.2 Å². The van der Waals surface area contributed by atoms with Gasteiger partial charge < -0.3 is 10.1 Å². The van der Waals surface area contributed by atoms with Crippen LogP contribution < -0.4 is 5.32 Å². The number of ether oxygens (including phenoxy) is 1. The van der Waals surface area contributed by atoms with Crippen molar-refractivity contribution >= 4 is 38.2 Å². The summed E-state index contributed by atoms with van der Waals surface area (Å²) < 4.78 is 29.8. The quantitative estimate of drug-likeness (QED) is 0.796. The van der Waals surface area contributed by atoms with Crippen molar-refractivity contribution in [1.82, 2.24) is 4.31 Å². The van der Waals surface area contributed by atoms with Gasteiger partial charge in [0.15, 0.2) is 0 Å². The molecule has 0 saturated carbocycles. The normalized spacial score (nSPS) is 21.0. The number of nitrogens with zero attached hydrogens (tertiary/aromatic N) is 1. The first-order valence-corrected chi connectivity index (χ1v) is 11.0. The Morgan fingerprint density at radius 2 is 1.96 bits per heavy atom. The second-order valence-electron chi connectivity index (χ2n) is 6.43. The molecule has 0 radical (unpaired) electrons. The van der Waals surface area contributed by atoms with Gasteiger partial charge in [0.05, 0.1) is 18.9 Å². The van der Waals surface area contributed by atoms with Crippen molar-refractivity contribution in [2.45, 2.75) is 44.6 Å². The molecule has 1 N–H and O–H groups in total. The van der Waals surface area contributed by atoms with E-state index >= 15 is 0 Å². The van der Waals surface area contributed by atoms with Crippen molar-refractivity contribution in [2.24, 2.45) is 0 Å². The largest absolute Gasteiger partial charge is 0.465 e. The molecule has 1 aliphatic carbocycles. The van der Waals surface area contributed by atoms with Crippen LogP contribution in [0.4, 0.5) is 5.00 Å². The van der Waals surface area contributed by atoms with E-state index in [9.17, 15) is 18.0 Å².